The lowest BCUT2D eigenvalue weighted by Gasteiger charge is -2.60. The minimum absolute atomic E-state index is 0.0120. The molecule has 0 aliphatic heterocycles. The van der Waals surface area contributed by atoms with Gasteiger partial charge in [0, 0.05) is 11.8 Å². The lowest BCUT2D eigenvalue weighted by molar-refractivity contribution is -0.118. The van der Waals surface area contributed by atoms with Crippen molar-refractivity contribution in [2.75, 3.05) is 0 Å². The van der Waals surface area contributed by atoms with Gasteiger partial charge in [-0.2, -0.15) is 0 Å². The summed E-state index contributed by atoms with van der Waals surface area (Å²) in [5, 5.41) is 10.6. The summed E-state index contributed by atoms with van der Waals surface area (Å²) >= 11 is 7.88. The molecule has 0 aromatic rings. The first-order valence-electron chi connectivity index (χ1n) is 9.51. The molecule has 0 bridgehead atoms. The van der Waals surface area contributed by atoms with Crippen LogP contribution >= 0.6 is 31.9 Å². The van der Waals surface area contributed by atoms with E-state index in [4.69, 9.17) is 0 Å². The number of halogens is 2. The highest BCUT2D eigenvalue weighted by atomic mass is 79.9. The second-order valence-corrected chi connectivity index (χ2v) is 13.4. The third kappa shape index (κ3) is 1.79. The highest BCUT2D eigenvalue weighted by molar-refractivity contribution is 9.25. The largest absolute Gasteiger partial charge is 0.393 e. The number of aliphatic hydroxyl groups is 1. The first-order valence-corrected chi connectivity index (χ1v) is 11.1. The molecule has 4 saturated carbocycles. The highest BCUT2D eigenvalue weighted by Crippen LogP contribution is 2.76. The molecule has 4 heteroatoms. The zero-order valence-electron chi connectivity index (χ0n) is 14.4. The molecule has 2 nitrogen and oxygen atoms in total. The van der Waals surface area contributed by atoms with Crippen LogP contribution in [0.15, 0.2) is 11.6 Å². The van der Waals surface area contributed by atoms with E-state index >= 15 is 0 Å². The van der Waals surface area contributed by atoms with Gasteiger partial charge in [0.15, 0.2) is 5.78 Å². The fourth-order valence-corrected chi connectivity index (χ4v) is 9.00. The monoisotopic (exact) mass is 456 g/mol. The maximum absolute atomic E-state index is 12.3. The molecule has 0 amide bonds. The molecule has 0 radical (unpaired) electrons. The van der Waals surface area contributed by atoms with Gasteiger partial charge in [-0.3, -0.25) is 4.79 Å². The van der Waals surface area contributed by atoms with Gasteiger partial charge in [0.1, 0.15) is 0 Å². The molecular weight excluding hydrogens is 432 g/mol. The molecule has 0 aromatic heterocycles. The van der Waals surface area contributed by atoms with Crippen LogP contribution in [-0.4, -0.2) is 20.2 Å². The molecule has 4 fully saturated rings. The Balaban J connectivity index is 1.63. The van der Waals surface area contributed by atoms with Gasteiger partial charge in [0.25, 0.3) is 0 Å². The van der Waals surface area contributed by atoms with E-state index in [-0.39, 0.29) is 26.0 Å². The smallest absolute Gasteiger partial charge is 0.157 e. The van der Waals surface area contributed by atoms with E-state index in [0.717, 1.165) is 24.7 Å². The van der Waals surface area contributed by atoms with Crippen molar-refractivity contribution < 1.29 is 9.90 Å². The van der Waals surface area contributed by atoms with Crippen LogP contribution in [0, 0.1) is 40.4 Å². The number of aliphatic hydroxyl groups excluding tert-OH is 1. The Labute approximate surface area is 161 Å². The van der Waals surface area contributed by atoms with Crippen LogP contribution in [0.3, 0.4) is 0 Å². The molecule has 132 valence electrons. The number of hydrogen-bond acceptors (Lipinski definition) is 2. The molecule has 1 unspecified atom stereocenters. The van der Waals surface area contributed by atoms with Gasteiger partial charge in [-0.25, -0.2) is 0 Å². The second-order valence-electron chi connectivity index (χ2n) is 9.58. The number of fused-ring (bicyclic) bond motifs is 8. The van der Waals surface area contributed by atoms with Crippen LogP contribution in [0.4, 0.5) is 0 Å². The number of rotatable bonds is 0. The average Bonchev–Trinajstić information content (AvgIpc) is 3.22. The average molecular weight is 458 g/mol. The Morgan fingerprint density at radius 1 is 1.17 bits per heavy atom. The van der Waals surface area contributed by atoms with E-state index < -0.39 is 0 Å². The molecule has 5 aliphatic carbocycles. The minimum atomic E-state index is -0.310. The standard InChI is InChI=1S/C20H26Br2O2/c1-18-6-5-14-17(13(18)3-4-16(18)24)12-8-11(12)15-7-10(23)9-20(21,22)19(14,15)2/h7,11-14,16-17,24H,3-6,8-9H2,1-2H3/t11-,12?,13+,14+,16+,17+,18+,19-/m1/s1. The SMILES string of the molecule is C[C@]12CC[C@H]3[C@@H](C4C[C@H]4C4=CC(=O)CC(Br)(Br)[C@@]43C)[C@@H]1CC[C@@H]2O. The topological polar surface area (TPSA) is 37.3 Å². The lowest BCUT2D eigenvalue weighted by atomic mass is 9.47. The fourth-order valence-electron chi connectivity index (χ4n) is 7.40. The number of alkyl halides is 2. The Morgan fingerprint density at radius 3 is 2.67 bits per heavy atom. The van der Waals surface area contributed by atoms with E-state index in [0.29, 0.717) is 24.2 Å². The van der Waals surface area contributed by atoms with E-state index in [1.54, 1.807) is 0 Å². The van der Waals surface area contributed by atoms with Crippen LogP contribution < -0.4 is 0 Å². The first kappa shape index (κ1) is 16.5. The normalized spacial score (nSPS) is 57.4. The van der Waals surface area contributed by atoms with Crippen LogP contribution in [0.5, 0.6) is 0 Å². The van der Waals surface area contributed by atoms with E-state index in [2.05, 4.69) is 45.7 Å². The molecule has 0 aromatic carbocycles. The Hall–Kier alpha value is 0.330. The van der Waals surface area contributed by atoms with Crippen molar-refractivity contribution in [1.29, 1.82) is 0 Å². The summed E-state index contributed by atoms with van der Waals surface area (Å²) in [7, 11) is 0. The van der Waals surface area contributed by atoms with Crippen molar-refractivity contribution in [3.8, 4) is 0 Å². The molecule has 24 heavy (non-hydrogen) atoms. The summed E-state index contributed by atoms with van der Waals surface area (Å²) in [6.45, 7) is 4.74. The Morgan fingerprint density at radius 2 is 1.92 bits per heavy atom. The van der Waals surface area contributed by atoms with Crippen molar-refractivity contribution >= 4 is 37.6 Å². The van der Waals surface area contributed by atoms with Gasteiger partial charge in [-0.15, -0.1) is 0 Å². The van der Waals surface area contributed by atoms with Crippen molar-refractivity contribution in [2.24, 2.45) is 40.4 Å². The molecule has 0 spiro atoms. The van der Waals surface area contributed by atoms with Crippen molar-refractivity contribution in [3.63, 3.8) is 0 Å². The zero-order valence-corrected chi connectivity index (χ0v) is 17.6. The van der Waals surface area contributed by atoms with Crippen molar-refractivity contribution in [2.45, 2.75) is 61.7 Å². The summed E-state index contributed by atoms with van der Waals surface area (Å²) in [6.07, 6.45) is 8.16. The van der Waals surface area contributed by atoms with E-state index in [9.17, 15) is 9.90 Å². The minimum Gasteiger partial charge on any atom is -0.393 e. The summed E-state index contributed by atoms with van der Waals surface area (Å²) in [5.74, 6) is 3.62. The summed E-state index contributed by atoms with van der Waals surface area (Å²) < 4.78 is -0.310. The van der Waals surface area contributed by atoms with Gasteiger partial charge < -0.3 is 5.11 Å². The summed E-state index contributed by atoms with van der Waals surface area (Å²) in [5.41, 5.74) is 1.55. The van der Waals surface area contributed by atoms with Crippen molar-refractivity contribution in [3.05, 3.63) is 11.6 Å². The first-order chi connectivity index (χ1) is 11.2. The second kappa shape index (κ2) is 4.78. The maximum atomic E-state index is 12.3. The van der Waals surface area contributed by atoms with E-state index in [1.165, 1.54) is 24.8 Å². The number of ketones is 1. The van der Waals surface area contributed by atoms with Gasteiger partial charge in [-0.05, 0) is 73.2 Å². The molecule has 1 N–H and O–H groups in total. The Bertz CT molecular complexity index is 656. The molecule has 5 aliphatic rings. The van der Waals surface area contributed by atoms with Gasteiger partial charge >= 0.3 is 0 Å². The fraction of sp³-hybridized carbons (Fsp3) is 0.850. The van der Waals surface area contributed by atoms with Crippen LogP contribution in [0.25, 0.3) is 0 Å². The summed E-state index contributed by atoms with van der Waals surface area (Å²) in [4.78, 5) is 12.3. The molecule has 5 rings (SSSR count). The van der Waals surface area contributed by atoms with Gasteiger partial charge in [0.2, 0.25) is 0 Å². The van der Waals surface area contributed by atoms with Crippen LogP contribution in [0.2, 0.25) is 0 Å². The zero-order chi connectivity index (χ0) is 17.1. The van der Waals surface area contributed by atoms with Crippen molar-refractivity contribution in [1.82, 2.24) is 0 Å². The van der Waals surface area contributed by atoms with Crippen LogP contribution in [0.1, 0.15) is 52.4 Å². The Kier molecular flexibility index (Phi) is 3.29. The molecule has 0 heterocycles. The third-order valence-electron chi connectivity index (χ3n) is 8.83. The lowest BCUT2D eigenvalue weighted by Crippen LogP contribution is -2.58. The molecular formula is C20H26Br2O2. The predicted molar refractivity (Wildman–Crippen MR) is 101 cm³/mol. The summed E-state index contributed by atoms with van der Waals surface area (Å²) in [6, 6.07) is 0. The predicted octanol–water partition coefficient (Wildman–Crippen LogP) is 4.83. The van der Waals surface area contributed by atoms with Crippen LogP contribution in [-0.2, 0) is 4.79 Å². The number of carbonyl (C=O) groups excluding carboxylic acids is 1. The van der Waals surface area contributed by atoms with Gasteiger partial charge in [0.05, 0.1) is 9.34 Å². The highest BCUT2D eigenvalue weighted by Gasteiger charge is 2.71. The van der Waals surface area contributed by atoms with E-state index in [1.807, 2.05) is 6.08 Å². The van der Waals surface area contributed by atoms with Gasteiger partial charge in [-0.1, -0.05) is 51.3 Å². The number of carbonyl (C=O) groups is 1. The molecule has 0 saturated heterocycles. The maximum Gasteiger partial charge on any atom is 0.157 e. The number of allylic oxidation sites excluding steroid dienone is 1. The number of hydrogen-bond donors (Lipinski definition) is 1. The third-order valence-corrected chi connectivity index (χ3v) is 11.0. The molecule has 8 atom stereocenters. The quantitative estimate of drug-likeness (QED) is 0.529.